The molecule has 3 nitrogen and oxygen atoms in total. The summed E-state index contributed by atoms with van der Waals surface area (Å²) in [5.74, 6) is 0. The van der Waals surface area contributed by atoms with Crippen LogP contribution in [0.1, 0.15) is 15.3 Å². The molecule has 2 rings (SSSR count). The zero-order valence-electron chi connectivity index (χ0n) is 9.86. The van der Waals surface area contributed by atoms with E-state index in [4.69, 9.17) is 0 Å². The number of thiophene rings is 2. The molecule has 2 aromatic rings. The van der Waals surface area contributed by atoms with Crippen molar-refractivity contribution in [3.63, 3.8) is 0 Å². The number of aryl methyl sites for hydroxylation is 2. The molecule has 18 heavy (non-hydrogen) atoms. The van der Waals surface area contributed by atoms with Crippen molar-refractivity contribution in [2.75, 3.05) is 0 Å². The van der Waals surface area contributed by atoms with Crippen LogP contribution >= 0.6 is 38.6 Å². The first-order valence-corrected chi connectivity index (χ1v) is 9.16. The largest absolute Gasteiger partial charge is 0.251 e. The maximum Gasteiger partial charge on any atom is 0.251 e. The van der Waals surface area contributed by atoms with Crippen molar-refractivity contribution in [2.45, 2.75) is 24.6 Å². The van der Waals surface area contributed by atoms with E-state index >= 15 is 0 Å². The zero-order valence-corrected chi connectivity index (χ0v) is 13.9. The lowest BCUT2D eigenvalue weighted by molar-refractivity contribution is 0.583. The number of hydrogen-bond donors (Lipinski definition) is 1. The van der Waals surface area contributed by atoms with E-state index in [0.717, 1.165) is 4.88 Å². The maximum absolute atomic E-state index is 12.1. The Hall–Kier alpha value is -0.210. The average molecular weight is 366 g/mol. The molecule has 2 aromatic heterocycles. The van der Waals surface area contributed by atoms with Crippen molar-refractivity contribution >= 4 is 48.6 Å². The third kappa shape index (κ3) is 3.03. The first-order valence-electron chi connectivity index (χ1n) is 5.19. The third-order valence-electron chi connectivity index (χ3n) is 2.48. The van der Waals surface area contributed by atoms with E-state index in [1.165, 1.54) is 21.8 Å². The van der Waals surface area contributed by atoms with Crippen molar-refractivity contribution in [2.24, 2.45) is 0 Å². The summed E-state index contributed by atoms with van der Waals surface area (Å²) in [7, 11) is -3.42. The molecule has 0 unspecified atom stereocenters. The Morgan fingerprint density at radius 3 is 2.61 bits per heavy atom. The number of nitrogens with one attached hydrogen (secondary N) is 1. The van der Waals surface area contributed by atoms with Crippen molar-refractivity contribution in [3.8, 4) is 0 Å². The van der Waals surface area contributed by atoms with Gasteiger partial charge in [0.25, 0.3) is 10.0 Å². The molecular weight excluding hydrogens is 354 g/mol. The molecular formula is C11H12BrNO2S3. The Balaban J connectivity index is 2.13. The van der Waals surface area contributed by atoms with E-state index in [1.807, 2.05) is 19.9 Å². The monoisotopic (exact) mass is 365 g/mol. The van der Waals surface area contributed by atoms with Crippen LogP contribution in [0.3, 0.4) is 0 Å². The van der Waals surface area contributed by atoms with Crippen LogP contribution in [0.15, 0.2) is 26.2 Å². The summed E-state index contributed by atoms with van der Waals surface area (Å²) in [6, 6.07) is 3.75. The molecule has 98 valence electrons. The van der Waals surface area contributed by atoms with Crippen LogP contribution in [-0.4, -0.2) is 8.42 Å². The molecule has 0 bridgehead atoms. The molecule has 0 saturated heterocycles. The highest BCUT2D eigenvalue weighted by Crippen LogP contribution is 2.28. The van der Waals surface area contributed by atoms with Crippen molar-refractivity contribution in [3.05, 3.63) is 37.3 Å². The topological polar surface area (TPSA) is 46.2 Å². The molecule has 0 radical (unpaired) electrons. The van der Waals surface area contributed by atoms with Gasteiger partial charge in [0.15, 0.2) is 0 Å². The first-order chi connectivity index (χ1) is 8.40. The van der Waals surface area contributed by atoms with E-state index in [1.54, 1.807) is 22.8 Å². The van der Waals surface area contributed by atoms with Gasteiger partial charge in [0.2, 0.25) is 0 Å². The van der Waals surface area contributed by atoms with Crippen LogP contribution in [0.4, 0.5) is 0 Å². The molecule has 0 spiro atoms. The predicted molar refractivity (Wildman–Crippen MR) is 79.8 cm³/mol. The van der Waals surface area contributed by atoms with Crippen molar-refractivity contribution in [1.29, 1.82) is 0 Å². The van der Waals surface area contributed by atoms with Crippen molar-refractivity contribution in [1.82, 2.24) is 4.72 Å². The molecule has 0 aliphatic rings. The maximum atomic E-state index is 12.1. The number of sulfonamides is 1. The lowest BCUT2D eigenvalue weighted by atomic mass is 10.3. The fourth-order valence-electron chi connectivity index (χ4n) is 1.44. The second-order valence-electron chi connectivity index (χ2n) is 3.83. The van der Waals surface area contributed by atoms with Gasteiger partial charge in [0.05, 0.1) is 0 Å². The quantitative estimate of drug-likeness (QED) is 0.898. The van der Waals surface area contributed by atoms with E-state index < -0.39 is 10.0 Å². The highest BCUT2D eigenvalue weighted by molar-refractivity contribution is 9.10. The Kier molecular flexibility index (Phi) is 4.28. The van der Waals surface area contributed by atoms with Gasteiger partial charge in [-0.05, 0) is 52.9 Å². The molecule has 7 heteroatoms. The van der Waals surface area contributed by atoms with Crippen LogP contribution < -0.4 is 4.72 Å². The summed E-state index contributed by atoms with van der Waals surface area (Å²) in [5, 5.41) is 1.75. The minimum absolute atomic E-state index is 0.326. The summed E-state index contributed by atoms with van der Waals surface area (Å²) in [6.07, 6.45) is 0. The summed E-state index contributed by atoms with van der Waals surface area (Å²) < 4.78 is 27.7. The second kappa shape index (κ2) is 5.42. The van der Waals surface area contributed by atoms with Gasteiger partial charge in [-0.25, -0.2) is 13.1 Å². The van der Waals surface area contributed by atoms with E-state index in [0.29, 0.717) is 15.2 Å². The normalized spacial score (nSPS) is 11.9. The summed E-state index contributed by atoms with van der Waals surface area (Å²) in [6.45, 7) is 4.40. The minimum atomic E-state index is -3.42. The van der Waals surface area contributed by atoms with E-state index in [2.05, 4.69) is 20.7 Å². The number of rotatable bonds is 4. The molecule has 0 aliphatic carbocycles. The number of halogens is 1. The van der Waals surface area contributed by atoms with Gasteiger partial charge in [0.1, 0.15) is 4.21 Å². The van der Waals surface area contributed by atoms with Crippen LogP contribution in [0.2, 0.25) is 0 Å². The molecule has 0 saturated carbocycles. The Morgan fingerprint density at radius 2 is 2.11 bits per heavy atom. The Labute approximate surface area is 123 Å². The lowest BCUT2D eigenvalue weighted by Gasteiger charge is -2.03. The van der Waals surface area contributed by atoms with Gasteiger partial charge in [-0.3, -0.25) is 0 Å². The Bertz CT molecular complexity index is 638. The predicted octanol–water partition coefficient (Wildman–Crippen LogP) is 3.67. The highest BCUT2D eigenvalue weighted by atomic mass is 79.9. The van der Waals surface area contributed by atoms with E-state index in [9.17, 15) is 8.42 Å². The molecule has 2 heterocycles. The fourth-order valence-corrected chi connectivity index (χ4v) is 5.91. The Morgan fingerprint density at radius 1 is 1.39 bits per heavy atom. The third-order valence-corrected chi connectivity index (χ3v) is 7.71. The first kappa shape index (κ1) is 14.2. The molecule has 0 atom stereocenters. The van der Waals surface area contributed by atoms with Crippen LogP contribution in [-0.2, 0) is 16.6 Å². The highest BCUT2D eigenvalue weighted by Gasteiger charge is 2.19. The molecule has 0 aromatic carbocycles. The summed E-state index contributed by atoms with van der Waals surface area (Å²) in [4.78, 5) is 2.25. The van der Waals surface area contributed by atoms with Gasteiger partial charge in [-0.1, -0.05) is 0 Å². The lowest BCUT2D eigenvalue weighted by Crippen LogP contribution is -2.22. The van der Waals surface area contributed by atoms with Crippen LogP contribution in [0.5, 0.6) is 0 Å². The average Bonchev–Trinajstić information content (AvgIpc) is 2.84. The minimum Gasteiger partial charge on any atom is -0.206 e. The summed E-state index contributed by atoms with van der Waals surface area (Å²) >= 11 is 6.07. The van der Waals surface area contributed by atoms with Crippen molar-refractivity contribution < 1.29 is 8.42 Å². The van der Waals surface area contributed by atoms with Gasteiger partial charge >= 0.3 is 0 Å². The molecule has 1 N–H and O–H groups in total. The fraction of sp³-hybridized carbons (Fsp3) is 0.273. The van der Waals surface area contributed by atoms with Crippen LogP contribution in [0, 0.1) is 13.8 Å². The SMILES string of the molecule is Cc1cc(CNS(=O)(=O)c2sccc2Br)sc1C. The smallest absolute Gasteiger partial charge is 0.206 e. The van der Waals surface area contributed by atoms with Gasteiger partial charge in [-0.2, -0.15) is 0 Å². The number of hydrogen-bond acceptors (Lipinski definition) is 4. The zero-order chi connectivity index (χ0) is 13.3. The molecule has 0 amide bonds. The van der Waals surface area contributed by atoms with Gasteiger partial charge in [0, 0.05) is 20.8 Å². The standard InChI is InChI=1S/C11H12BrNO2S3/c1-7-5-9(17-8(7)2)6-13-18(14,15)11-10(12)3-4-16-11/h3-5,13H,6H2,1-2H3. The molecule has 0 aliphatic heterocycles. The summed E-state index contributed by atoms with van der Waals surface area (Å²) in [5.41, 5.74) is 1.20. The van der Waals surface area contributed by atoms with Gasteiger partial charge in [-0.15, -0.1) is 22.7 Å². The second-order valence-corrected chi connectivity index (χ2v) is 8.91. The van der Waals surface area contributed by atoms with E-state index in [-0.39, 0.29) is 0 Å². The molecule has 0 fully saturated rings. The van der Waals surface area contributed by atoms with Gasteiger partial charge < -0.3 is 0 Å². The van der Waals surface area contributed by atoms with Crippen LogP contribution in [0.25, 0.3) is 0 Å².